The lowest BCUT2D eigenvalue weighted by atomic mass is 9.83. The first-order valence-corrected chi connectivity index (χ1v) is 6.83. The maximum Gasteiger partial charge on any atom is 0.124 e. The van der Waals surface area contributed by atoms with Gasteiger partial charge in [-0.3, -0.25) is 0 Å². The third-order valence-corrected chi connectivity index (χ3v) is 3.79. The molecule has 1 aromatic rings. The Bertz CT molecular complexity index is 416. The van der Waals surface area contributed by atoms with Crippen LogP contribution in [0.2, 0.25) is 0 Å². The number of hydrogen-bond donors (Lipinski definition) is 2. The van der Waals surface area contributed by atoms with Gasteiger partial charge >= 0.3 is 0 Å². The van der Waals surface area contributed by atoms with Crippen molar-refractivity contribution in [1.29, 1.82) is 0 Å². The van der Waals surface area contributed by atoms with Crippen LogP contribution < -0.4 is 10.5 Å². The van der Waals surface area contributed by atoms with E-state index < -0.39 is 5.60 Å². The molecular formula is C15H23NO3. The summed E-state index contributed by atoms with van der Waals surface area (Å²) >= 11 is 0. The van der Waals surface area contributed by atoms with E-state index in [4.69, 9.17) is 15.2 Å². The molecule has 4 heteroatoms. The highest BCUT2D eigenvalue weighted by Crippen LogP contribution is 2.31. The lowest BCUT2D eigenvalue weighted by molar-refractivity contribution is -0.00144. The van der Waals surface area contributed by atoms with Gasteiger partial charge in [-0.1, -0.05) is 26.0 Å². The zero-order valence-electron chi connectivity index (χ0n) is 11.6. The highest BCUT2D eigenvalue weighted by molar-refractivity contribution is 5.33. The van der Waals surface area contributed by atoms with Crippen LogP contribution in [0.3, 0.4) is 0 Å². The maximum atomic E-state index is 10.6. The highest BCUT2D eigenvalue weighted by atomic mass is 16.5. The molecule has 2 rings (SSSR count). The van der Waals surface area contributed by atoms with Crippen LogP contribution >= 0.6 is 0 Å². The van der Waals surface area contributed by atoms with E-state index in [2.05, 4.69) is 0 Å². The van der Waals surface area contributed by atoms with E-state index in [1.165, 1.54) is 0 Å². The second kappa shape index (κ2) is 5.90. The molecule has 0 bridgehead atoms. The largest absolute Gasteiger partial charge is 0.488 e. The van der Waals surface area contributed by atoms with E-state index >= 15 is 0 Å². The molecule has 19 heavy (non-hydrogen) atoms. The van der Waals surface area contributed by atoms with Gasteiger partial charge in [0, 0.05) is 13.0 Å². The second-order valence-corrected chi connectivity index (χ2v) is 5.41. The average molecular weight is 265 g/mol. The first kappa shape index (κ1) is 14.3. The van der Waals surface area contributed by atoms with Crippen molar-refractivity contribution in [2.75, 3.05) is 19.8 Å². The molecule has 0 amide bonds. The Balaban J connectivity index is 2.18. The molecule has 3 N–H and O–H groups in total. The van der Waals surface area contributed by atoms with Crippen LogP contribution in [0.4, 0.5) is 0 Å². The molecule has 106 valence electrons. The summed E-state index contributed by atoms with van der Waals surface area (Å²) in [6.07, 6.45) is 1.02. The summed E-state index contributed by atoms with van der Waals surface area (Å²) < 4.78 is 11.2. The van der Waals surface area contributed by atoms with E-state index in [1.54, 1.807) is 0 Å². The van der Waals surface area contributed by atoms with E-state index in [0.717, 1.165) is 24.3 Å². The van der Waals surface area contributed by atoms with E-state index in [1.807, 2.05) is 38.1 Å². The number of benzene rings is 1. The molecule has 0 spiro atoms. The van der Waals surface area contributed by atoms with Gasteiger partial charge in [-0.15, -0.1) is 0 Å². The van der Waals surface area contributed by atoms with Crippen LogP contribution in [-0.4, -0.2) is 31.0 Å². The van der Waals surface area contributed by atoms with Gasteiger partial charge in [-0.05, 0) is 23.6 Å². The Morgan fingerprint density at radius 3 is 2.89 bits per heavy atom. The second-order valence-electron chi connectivity index (χ2n) is 5.41. The van der Waals surface area contributed by atoms with Crippen molar-refractivity contribution >= 4 is 0 Å². The van der Waals surface area contributed by atoms with Crippen molar-refractivity contribution in [2.45, 2.75) is 32.0 Å². The van der Waals surface area contributed by atoms with Gasteiger partial charge in [-0.2, -0.15) is 0 Å². The first-order valence-electron chi connectivity index (χ1n) is 6.83. The number of ether oxygens (including phenoxy) is 2. The molecule has 0 saturated carbocycles. The molecular weight excluding hydrogens is 242 g/mol. The predicted octanol–water partition coefficient (Wildman–Crippen LogP) is 1.66. The Morgan fingerprint density at radius 1 is 1.53 bits per heavy atom. The van der Waals surface area contributed by atoms with Crippen molar-refractivity contribution in [2.24, 2.45) is 11.7 Å². The van der Waals surface area contributed by atoms with Crippen LogP contribution in [0.15, 0.2) is 24.3 Å². The minimum atomic E-state index is -1.01. The van der Waals surface area contributed by atoms with Crippen LogP contribution in [0.25, 0.3) is 0 Å². The van der Waals surface area contributed by atoms with Crippen molar-refractivity contribution in [3.8, 4) is 5.75 Å². The first-order chi connectivity index (χ1) is 9.06. The summed E-state index contributed by atoms with van der Waals surface area (Å²) in [5.41, 5.74) is 5.54. The van der Waals surface area contributed by atoms with E-state index in [0.29, 0.717) is 6.61 Å². The zero-order chi connectivity index (χ0) is 13.9. The smallest absolute Gasteiger partial charge is 0.124 e. The fourth-order valence-corrected chi connectivity index (χ4v) is 2.32. The van der Waals surface area contributed by atoms with Crippen LogP contribution in [0.5, 0.6) is 5.75 Å². The molecule has 1 heterocycles. The molecule has 1 aliphatic heterocycles. The summed E-state index contributed by atoms with van der Waals surface area (Å²) in [4.78, 5) is 0. The number of rotatable bonds is 5. The molecule has 0 aromatic heterocycles. The summed E-state index contributed by atoms with van der Waals surface area (Å²) in [5, 5.41) is 10.6. The maximum absolute atomic E-state index is 10.6. The molecule has 4 nitrogen and oxygen atoms in total. The molecule has 0 radical (unpaired) electrons. The van der Waals surface area contributed by atoms with E-state index in [-0.39, 0.29) is 18.6 Å². The number of nitrogens with two attached hydrogens (primary N) is 1. The van der Waals surface area contributed by atoms with Crippen molar-refractivity contribution < 1.29 is 14.6 Å². The quantitative estimate of drug-likeness (QED) is 0.849. The summed E-state index contributed by atoms with van der Waals surface area (Å²) in [5.74, 6) is 0.808. The molecule has 1 aliphatic rings. The van der Waals surface area contributed by atoms with Crippen LogP contribution in [-0.2, 0) is 10.3 Å². The topological polar surface area (TPSA) is 64.7 Å². The summed E-state index contributed by atoms with van der Waals surface area (Å²) in [7, 11) is 0. The minimum Gasteiger partial charge on any atom is -0.488 e. The Hall–Kier alpha value is -1.10. The van der Waals surface area contributed by atoms with E-state index in [9.17, 15) is 5.11 Å². The van der Waals surface area contributed by atoms with Crippen LogP contribution in [0, 0.1) is 5.92 Å². The van der Waals surface area contributed by atoms with Gasteiger partial charge in [0.2, 0.25) is 0 Å². The zero-order valence-corrected chi connectivity index (χ0v) is 11.6. The Labute approximate surface area is 114 Å². The van der Waals surface area contributed by atoms with Crippen molar-refractivity contribution in [3.05, 3.63) is 29.8 Å². The van der Waals surface area contributed by atoms with Gasteiger partial charge in [0.05, 0.1) is 13.2 Å². The molecule has 1 aromatic carbocycles. The highest BCUT2D eigenvalue weighted by Gasteiger charge is 2.32. The molecule has 0 aliphatic carbocycles. The summed E-state index contributed by atoms with van der Waals surface area (Å²) in [6.45, 7) is 5.51. The summed E-state index contributed by atoms with van der Waals surface area (Å²) in [6, 6.07) is 7.57. The third kappa shape index (κ3) is 3.08. The minimum absolute atomic E-state index is 0.0440. The molecule has 1 saturated heterocycles. The van der Waals surface area contributed by atoms with Gasteiger partial charge in [-0.25, -0.2) is 0 Å². The lowest BCUT2D eigenvalue weighted by Crippen LogP contribution is -2.39. The predicted molar refractivity (Wildman–Crippen MR) is 74.1 cm³/mol. The molecule has 1 fully saturated rings. The average Bonchev–Trinajstić information content (AvgIpc) is 2.90. The van der Waals surface area contributed by atoms with Gasteiger partial charge < -0.3 is 20.3 Å². The Kier molecular flexibility index (Phi) is 4.45. The fraction of sp³-hybridized carbons (Fsp3) is 0.600. The van der Waals surface area contributed by atoms with Gasteiger partial charge in [0.15, 0.2) is 0 Å². The third-order valence-electron chi connectivity index (χ3n) is 3.79. The molecule has 2 atom stereocenters. The van der Waals surface area contributed by atoms with Gasteiger partial charge in [0.25, 0.3) is 0 Å². The van der Waals surface area contributed by atoms with Gasteiger partial charge in [0.1, 0.15) is 17.5 Å². The van der Waals surface area contributed by atoms with Crippen molar-refractivity contribution in [3.63, 3.8) is 0 Å². The SMILES string of the molecule is CC(C)[C@@](O)(CN)c1cccc(O[C@@H]2CCOC2)c1. The normalized spacial score (nSPS) is 22.5. The van der Waals surface area contributed by atoms with Crippen molar-refractivity contribution in [1.82, 2.24) is 0 Å². The standard InChI is InChI=1S/C15H23NO3/c1-11(2)15(17,10-16)12-4-3-5-13(8-12)19-14-6-7-18-9-14/h3-5,8,11,14,17H,6-7,9-10,16H2,1-2H3/t14-,15+/m1/s1. The fourth-order valence-electron chi connectivity index (χ4n) is 2.32. The number of hydrogen-bond acceptors (Lipinski definition) is 4. The number of aliphatic hydroxyl groups is 1. The Morgan fingerprint density at radius 2 is 2.32 bits per heavy atom. The molecule has 0 unspecified atom stereocenters. The monoisotopic (exact) mass is 265 g/mol. The lowest BCUT2D eigenvalue weighted by Gasteiger charge is -2.31. The van der Waals surface area contributed by atoms with Crippen LogP contribution in [0.1, 0.15) is 25.8 Å².